The maximum atomic E-state index is 5.43. The van der Waals surface area contributed by atoms with E-state index in [1.54, 1.807) is 0 Å². The van der Waals surface area contributed by atoms with Crippen LogP contribution >= 0.6 is 0 Å². The molecule has 2 heterocycles. The average Bonchev–Trinajstić information content (AvgIpc) is 2.58. The quantitative estimate of drug-likeness (QED) is 0.919. The smallest absolute Gasteiger partial charge is 0.227 e. The van der Waals surface area contributed by atoms with Gasteiger partial charge in [0.15, 0.2) is 0 Å². The second-order valence-corrected chi connectivity index (χ2v) is 5.41. The highest BCUT2D eigenvalue weighted by atomic mass is 16.5. The first-order valence-corrected chi connectivity index (χ1v) is 7.86. The number of rotatable bonds is 5. The van der Waals surface area contributed by atoms with Gasteiger partial charge in [-0.2, -0.15) is 0 Å². The summed E-state index contributed by atoms with van der Waals surface area (Å²) >= 11 is 0. The largest absolute Gasteiger partial charge is 0.378 e. The minimum absolute atomic E-state index is 0.639. The van der Waals surface area contributed by atoms with Crippen molar-refractivity contribution in [2.75, 3.05) is 36.5 Å². The lowest BCUT2D eigenvalue weighted by Crippen LogP contribution is -2.36. The molecule has 1 aromatic heterocycles. The number of aryl methyl sites for hydroxylation is 1. The normalized spacial score (nSPS) is 14.9. The average molecular weight is 298 g/mol. The molecule has 3 rings (SSSR count). The molecule has 0 saturated carbocycles. The number of nitrogens with zero attached hydrogens (tertiary/aromatic N) is 3. The summed E-state index contributed by atoms with van der Waals surface area (Å²) in [4.78, 5) is 11.2. The molecule has 0 atom stereocenters. The van der Waals surface area contributed by atoms with E-state index in [0.717, 1.165) is 44.8 Å². The SMILES string of the molecule is CCCc1cnc(Nc2ccccc2N2CCOCC2)nc1. The van der Waals surface area contributed by atoms with Gasteiger partial charge >= 0.3 is 0 Å². The van der Waals surface area contributed by atoms with Crippen LogP contribution in [0.25, 0.3) is 0 Å². The summed E-state index contributed by atoms with van der Waals surface area (Å²) in [6.45, 7) is 5.53. The fraction of sp³-hybridized carbons (Fsp3) is 0.412. The van der Waals surface area contributed by atoms with Gasteiger partial charge in [-0.15, -0.1) is 0 Å². The Balaban J connectivity index is 1.76. The minimum atomic E-state index is 0.639. The number of anilines is 3. The van der Waals surface area contributed by atoms with Crippen molar-refractivity contribution in [2.45, 2.75) is 19.8 Å². The van der Waals surface area contributed by atoms with Crippen LogP contribution < -0.4 is 10.2 Å². The lowest BCUT2D eigenvalue weighted by atomic mass is 10.2. The number of aromatic nitrogens is 2. The van der Waals surface area contributed by atoms with E-state index in [9.17, 15) is 0 Å². The first-order chi connectivity index (χ1) is 10.9. The zero-order chi connectivity index (χ0) is 15.2. The van der Waals surface area contributed by atoms with E-state index < -0.39 is 0 Å². The van der Waals surface area contributed by atoms with Crippen LogP contribution in [-0.2, 0) is 11.2 Å². The van der Waals surface area contributed by atoms with Gasteiger partial charge < -0.3 is 15.0 Å². The summed E-state index contributed by atoms with van der Waals surface area (Å²) < 4.78 is 5.43. The molecule has 0 radical (unpaired) electrons. The van der Waals surface area contributed by atoms with Gasteiger partial charge in [0.05, 0.1) is 24.6 Å². The Morgan fingerprint density at radius 3 is 2.59 bits per heavy atom. The van der Waals surface area contributed by atoms with Crippen LogP contribution in [0.3, 0.4) is 0 Å². The van der Waals surface area contributed by atoms with Crippen molar-refractivity contribution in [3.8, 4) is 0 Å². The van der Waals surface area contributed by atoms with Crippen LogP contribution in [-0.4, -0.2) is 36.3 Å². The Kier molecular flexibility index (Phi) is 4.85. The Morgan fingerprint density at radius 2 is 1.86 bits per heavy atom. The summed E-state index contributed by atoms with van der Waals surface area (Å²) in [5.41, 5.74) is 3.38. The zero-order valence-electron chi connectivity index (χ0n) is 13.0. The highest BCUT2D eigenvalue weighted by Gasteiger charge is 2.14. The van der Waals surface area contributed by atoms with Crippen molar-refractivity contribution >= 4 is 17.3 Å². The molecule has 2 aromatic rings. The van der Waals surface area contributed by atoms with E-state index in [4.69, 9.17) is 4.74 Å². The number of ether oxygens (including phenoxy) is 1. The molecule has 116 valence electrons. The molecule has 0 bridgehead atoms. The first-order valence-electron chi connectivity index (χ1n) is 7.86. The molecule has 0 spiro atoms. The topological polar surface area (TPSA) is 50.3 Å². The van der Waals surface area contributed by atoms with Gasteiger partial charge in [0, 0.05) is 25.5 Å². The number of hydrogen-bond donors (Lipinski definition) is 1. The predicted octanol–water partition coefficient (Wildman–Crippen LogP) is 3.01. The van der Waals surface area contributed by atoms with Gasteiger partial charge in [0.25, 0.3) is 0 Å². The molecule has 1 aliphatic rings. The Bertz CT molecular complexity index is 594. The van der Waals surface area contributed by atoms with E-state index in [1.165, 1.54) is 11.3 Å². The molecular formula is C17H22N4O. The van der Waals surface area contributed by atoms with Crippen molar-refractivity contribution in [2.24, 2.45) is 0 Å². The maximum Gasteiger partial charge on any atom is 0.227 e. The fourth-order valence-corrected chi connectivity index (χ4v) is 2.62. The monoisotopic (exact) mass is 298 g/mol. The second kappa shape index (κ2) is 7.22. The highest BCUT2D eigenvalue weighted by molar-refractivity contribution is 5.73. The van der Waals surface area contributed by atoms with Crippen LogP contribution in [0.4, 0.5) is 17.3 Å². The van der Waals surface area contributed by atoms with Gasteiger partial charge in [0.1, 0.15) is 0 Å². The van der Waals surface area contributed by atoms with E-state index in [1.807, 2.05) is 18.5 Å². The molecule has 1 aliphatic heterocycles. The molecule has 5 heteroatoms. The molecule has 22 heavy (non-hydrogen) atoms. The fourth-order valence-electron chi connectivity index (χ4n) is 2.62. The van der Waals surface area contributed by atoms with Crippen LogP contribution in [0.1, 0.15) is 18.9 Å². The third-order valence-corrected chi connectivity index (χ3v) is 3.75. The number of para-hydroxylation sites is 2. The summed E-state index contributed by atoms with van der Waals surface area (Å²) in [7, 11) is 0. The minimum Gasteiger partial charge on any atom is -0.378 e. The van der Waals surface area contributed by atoms with Gasteiger partial charge in [-0.3, -0.25) is 0 Å². The second-order valence-electron chi connectivity index (χ2n) is 5.41. The Labute approximate surface area is 131 Å². The van der Waals surface area contributed by atoms with Crippen molar-refractivity contribution in [3.05, 3.63) is 42.2 Å². The molecule has 1 aromatic carbocycles. The summed E-state index contributed by atoms with van der Waals surface area (Å²) in [6.07, 6.45) is 5.92. The third-order valence-electron chi connectivity index (χ3n) is 3.75. The van der Waals surface area contributed by atoms with Crippen molar-refractivity contribution in [1.82, 2.24) is 9.97 Å². The van der Waals surface area contributed by atoms with E-state index >= 15 is 0 Å². The van der Waals surface area contributed by atoms with Gasteiger partial charge in [-0.05, 0) is 24.1 Å². The standard InChI is InChI=1S/C17H22N4O/c1-2-5-14-12-18-17(19-13-14)20-15-6-3-4-7-16(15)21-8-10-22-11-9-21/h3-4,6-7,12-13H,2,5,8-11H2,1H3,(H,18,19,20). The number of benzene rings is 1. The van der Waals surface area contributed by atoms with Crippen molar-refractivity contribution < 1.29 is 4.74 Å². The van der Waals surface area contributed by atoms with Crippen LogP contribution in [0.2, 0.25) is 0 Å². The van der Waals surface area contributed by atoms with Crippen LogP contribution in [0.15, 0.2) is 36.7 Å². The summed E-state index contributed by atoms with van der Waals surface area (Å²) in [5, 5.41) is 3.33. The summed E-state index contributed by atoms with van der Waals surface area (Å²) in [5.74, 6) is 0.639. The highest BCUT2D eigenvalue weighted by Crippen LogP contribution is 2.28. The van der Waals surface area contributed by atoms with Gasteiger partial charge in [-0.25, -0.2) is 9.97 Å². The molecule has 1 fully saturated rings. The van der Waals surface area contributed by atoms with Crippen molar-refractivity contribution in [3.63, 3.8) is 0 Å². The Hall–Kier alpha value is -2.14. The molecule has 1 N–H and O–H groups in total. The first kappa shape index (κ1) is 14.8. The van der Waals surface area contributed by atoms with E-state index in [0.29, 0.717) is 5.95 Å². The molecule has 5 nitrogen and oxygen atoms in total. The zero-order valence-corrected chi connectivity index (χ0v) is 13.0. The molecule has 0 amide bonds. The van der Waals surface area contributed by atoms with E-state index in [-0.39, 0.29) is 0 Å². The molecular weight excluding hydrogens is 276 g/mol. The van der Waals surface area contributed by atoms with Gasteiger partial charge in [0.2, 0.25) is 5.95 Å². The lowest BCUT2D eigenvalue weighted by molar-refractivity contribution is 0.123. The third kappa shape index (κ3) is 3.54. The van der Waals surface area contributed by atoms with Gasteiger partial charge in [-0.1, -0.05) is 25.5 Å². The predicted molar refractivity (Wildman–Crippen MR) is 88.8 cm³/mol. The maximum absolute atomic E-state index is 5.43. The van der Waals surface area contributed by atoms with Crippen LogP contribution in [0.5, 0.6) is 0 Å². The number of hydrogen-bond acceptors (Lipinski definition) is 5. The summed E-state index contributed by atoms with van der Waals surface area (Å²) in [6, 6.07) is 8.27. The lowest BCUT2D eigenvalue weighted by Gasteiger charge is -2.30. The van der Waals surface area contributed by atoms with E-state index in [2.05, 4.69) is 45.3 Å². The number of morpholine rings is 1. The molecule has 1 saturated heterocycles. The molecule has 0 unspecified atom stereocenters. The number of nitrogens with one attached hydrogen (secondary N) is 1. The van der Waals surface area contributed by atoms with Crippen molar-refractivity contribution in [1.29, 1.82) is 0 Å². The Morgan fingerprint density at radius 1 is 1.14 bits per heavy atom. The van der Waals surface area contributed by atoms with Crippen LogP contribution in [0, 0.1) is 0 Å². The molecule has 0 aliphatic carbocycles.